The summed E-state index contributed by atoms with van der Waals surface area (Å²) in [6.45, 7) is 1.05. The van der Waals surface area contributed by atoms with Crippen LogP contribution in [0, 0.1) is 0 Å². The Kier molecular flexibility index (Phi) is 8.28. The van der Waals surface area contributed by atoms with Gasteiger partial charge in [0.1, 0.15) is 21.8 Å². The van der Waals surface area contributed by atoms with Crippen molar-refractivity contribution in [2.45, 2.75) is 18.0 Å². The minimum atomic E-state index is -4.02. The lowest BCUT2D eigenvalue weighted by molar-refractivity contribution is -0.116. The fourth-order valence-electron chi connectivity index (χ4n) is 3.71. The molecule has 0 spiro atoms. The van der Waals surface area contributed by atoms with Crippen LogP contribution in [0.4, 0.5) is 5.82 Å². The predicted molar refractivity (Wildman–Crippen MR) is 139 cm³/mol. The number of methoxy groups -OCH3 is 3. The molecule has 0 aliphatic rings. The molecule has 2 N–H and O–H groups in total. The number of hydrogen-bond donors (Lipinski definition) is 2. The second-order valence-corrected chi connectivity index (χ2v) is 9.73. The average Bonchev–Trinajstić information content (AvgIpc) is 3.53. The molecule has 2 aromatic carbocycles. The standard InChI is InChI=1S/C25H27N5O7S/c1-34-10-6-9-23(31)26-13-18-14-27-30(16-18)15-17-11-20(36-3)24-21(12-17)37-28-25(24)29-38(32,33)22-8-5-4-7-19(22)35-2/h4-9,11-12,14,16H,10,13,15H2,1-3H3,(H,26,31)(H,28,29)/b9-6+. The van der Waals surface area contributed by atoms with Crippen molar-refractivity contribution >= 4 is 32.7 Å². The molecule has 12 nitrogen and oxygen atoms in total. The number of sulfonamides is 1. The van der Waals surface area contributed by atoms with Crippen molar-refractivity contribution in [1.82, 2.24) is 20.3 Å². The third kappa shape index (κ3) is 6.12. The Bertz CT molecular complexity index is 1560. The highest BCUT2D eigenvalue weighted by atomic mass is 32.2. The molecule has 200 valence electrons. The van der Waals surface area contributed by atoms with Gasteiger partial charge >= 0.3 is 0 Å². The number of nitrogens with zero attached hydrogens (tertiary/aromatic N) is 3. The van der Waals surface area contributed by atoms with Gasteiger partial charge in [0.2, 0.25) is 5.91 Å². The van der Waals surface area contributed by atoms with Crippen molar-refractivity contribution in [3.63, 3.8) is 0 Å². The molecule has 2 aromatic heterocycles. The van der Waals surface area contributed by atoms with Crippen LogP contribution in [0.1, 0.15) is 11.1 Å². The fourth-order valence-corrected chi connectivity index (χ4v) is 4.88. The first-order valence-electron chi connectivity index (χ1n) is 11.4. The summed E-state index contributed by atoms with van der Waals surface area (Å²) in [7, 11) is 0.393. The van der Waals surface area contributed by atoms with Gasteiger partial charge in [0.25, 0.3) is 10.0 Å². The molecule has 0 unspecified atom stereocenters. The summed E-state index contributed by atoms with van der Waals surface area (Å²) in [5.74, 6) is 0.333. The summed E-state index contributed by atoms with van der Waals surface area (Å²) >= 11 is 0. The quantitative estimate of drug-likeness (QED) is 0.258. The van der Waals surface area contributed by atoms with E-state index in [1.165, 1.54) is 26.4 Å². The Morgan fingerprint density at radius 3 is 2.66 bits per heavy atom. The summed E-state index contributed by atoms with van der Waals surface area (Å²) in [5.41, 5.74) is 1.93. The Labute approximate surface area is 219 Å². The molecular formula is C25H27N5O7S. The van der Waals surface area contributed by atoms with Crippen molar-refractivity contribution in [3.05, 3.63) is 72.1 Å². The van der Waals surface area contributed by atoms with Crippen LogP contribution in [0.25, 0.3) is 11.0 Å². The topological polar surface area (TPSA) is 147 Å². The molecule has 2 heterocycles. The summed E-state index contributed by atoms with van der Waals surface area (Å²) < 4.78 is 51.2. The number of amides is 1. The number of rotatable bonds is 12. The first-order valence-corrected chi connectivity index (χ1v) is 12.9. The number of ether oxygens (including phenoxy) is 3. The Morgan fingerprint density at radius 1 is 1.11 bits per heavy atom. The molecule has 0 aliphatic carbocycles. The third-order valence-electron chi connectivity index (χ3n) is 5.44. The Balaban J connectivity index is 1.51. The number of fused-ring (bicyclic) bond motifs is 1. The van der Waals surface area contributed by atoms with Crippen molar-refractivity contribution in [2.75, 3.05) is 32.7 Å². The maximum atomic E-state index is 13.0. The van der Waals surface area contributed by atoms with Crippen LogP contribution in [0.3, 0.4) is 0 Å². The van der Waals surface area contributed by atoms with Gasteiger partial charge in [-0.2, -0.15) is 5.10 Å². The van der Waals surface area contributed by atoms with Gasteiger partial charge in [-0.3, -0.25) is 14.2 Å². The molecular weight excluding hydrogens is 514 g/mol. The molecule has 4 aromatic rings. The van der Waals surface area contributed by atoms with Gasteiger partial charge in [0, 0.05) is 31.5 Å². The normalized spacial score (nSPS) is 11.7. The number of nitrogens with one attached hydrogen (secondary N) is 2. The van der Waals surface area contributed by atoms with Crippen LogP contribution in [0.2, 0.25) is 0 Å². The van der Waals surface area contributed by atoms with Crippen molar-refractivity contribution in [2.24, 2.45) is 0 Å². The lowest BCUT2D eigenvalue weighted by Crippen LogP contribution is -2.20. The van der Waals surface area contributed by atoms with E-state index >= 15 is 0 Å². The van der Waals surface area contributed by atoms with Crippen LogP contribution in [-0.4, -0.2) is 57.2 Å². The van der Waals surface area contributed by atoms with Gasteiger partial charge in [0.15, 0.2) is 11.4 Å². The summed E-state index contributed by atoms with van der Waals surface area (Å²) in [6, 6.07) is 9.74. The Morgan fingerprint density at radius 2 is 1.89 bits per heavy atom. The van der Waals surface area contributed by atoms with Crippen LogP contribution in [-0.2, 0) is 32.6 Å². The van der Waals surface area contributed by atoms with Crippen molar-refractivity contribution in [1.29, 1.82) is 0 Å². The second-order valence-electron chi connectivity index (χ2n) is 8.08. The maximum Gasteiger partial charge on any atom is 0.266 e. The molecule has 0 radical (unpaired) electrons. The zero-order chi connectivity index (χ0) is 27.1. The van der Waals surface area contributed by atoms with E-state index in [0.29, 0.717) is 36.4 Å². The molecule has 4 rings (SSSR count). The first kappa shape index (κ1) is 26.7. The molecule has 0 bridgehead atoms. The zero-order valence-electron chi connectivity index (χ0n) is 21.0. The van der Waals surface area contributed by atoms with Gasteiger partial charge in [-0.25, -0.2) is 8.42 Å². The summed E-state index contributed by atoms with van der Waals surface area (Å²) in [6.07, 6.45) is 6.51. The van der Waals surface area contributed by atoms with Crippen LogP contribution >= 0.6 is 0 Å². The molecule has 0 aliphatic heterocycles. The van der Waals surface area contributed by atoms with Crippen LogP contribution in [0.15, 0.2) is 70.4 Å². The largest absolute Gasteiger partial charge is 0.496 e. The van der Waals surface area contributed by atoms with Crippen molar-refractivity contribution in [3.8, 4) is 11.5 Å². The van der Waals surface area contributed by atoms with Gasteiger partial charge in [-0.15, -0.1) is 0 Å². The highest BCUT2D eigenvalue weighted by Crippen LogP contribution is 2.35. The summed E-state index contributed by atoms with van der Waals surface area (Å²) in [5, 5.41) is 11.4. The number of carbonyl (C=O) groups is 1. The third-order valence-corrected chi connectivity index (χ3v) is 6.82. The number of aromatic nitrogens is 3. The van der Waals surface area contributed by atoms with E-state index in [1.54, 1.807) is 54.4 Å². The van der Waals surface area contributed by atoms with Gasteiger partial charge in [-0.1, -0.05) is 23.4 Å². The van der Waals surface area contributed by atoms with Crippen LogP contribution < -0.4 is 19.5 Å². The Hall–Kier alpha value is -4.36. The lowest BCUT2D eigenvalue weighted by Gasteiger charge is -2.11. The van der Waals surface area contributed by atoms with Crippen molar-refractivity contribution < 1.29 is 31.9 Å². The molecule has 13 heteroatoms. The highest BCUT2D eigenvalue weighted by molar-refractivity contribution is 7.92. The first-order chi connectivity index (χ1) is 18.3. The van der Waals surface area contributed by atoms with E-state index in [9.17, 15) is 13.2 Å². The van der Waals surface area contributed by atoms with E-state index in [1.807, 2.05) is 6.20 Å². The van der Waals surface area contributed by atoms with Gasteiger partial charge in [-0.05, 0) is 29.8 Å². The average molecular weight is 542 g/mol. The van der Waals surface area contributed by atoms with Crippen LogP contribution in [0.5, 0.6) is 11.5 Å². The SMILES string of the molecule is COC/C=C/C(=O)NCc1cnn(Cc2cc(OC)c3c(NS(=O)(=O)c4ccccc4OC)noc3c2)c1. The molecule has 0 atom stereocenters. The number of hydrogen-bond acceptors (Lipinski definition) is 9. The number of benzene rings is 2. The number of carbonyl (C=O) groups excluding carboxylic acids is 1. The van der Waals surface area contributed by atoms with E-state index < -0.39 is 10.0 Å². The minimum absolute atomic E-state index is 0.00836. The fraction of sp³-hybridized carbons (Fsp3) is 0.240. The molecule has 38 heavy (non-hydrogen) atoms. The number of anilines is 1. The van der Waals surface area contributed by atoms with E-state index in [2.05, 4.69) is 20.3 Å². The number of para-hydroxylation sites is 1. The van der Waals surface area contributed by atoms with Gasteiger partial charge in [0.05, 0.1) is 33.6 Å². The molecule has 1 amide bonds. The van der Waals surface area contributed by atoms with E-state index in [0.717, 1.165) is 11.1 Å². The zero-order valence-corrected chi connectivity index (χ0v) is 21.8. The monoisotopic (exact) mass is 541 g/mol. The smallest absolute Gasteiger partial charge is 0.266 e. The minimum Gasteiger partial charge on any atom is -0.496 e. The second kappa shape index (κ2) is 11.8. The molecule has 0 saturated carbocycles. The maximum absolute atomic E-state index is 13.0. The molecule has 0 fully saturated rings. The predicted octanol–water partition coefficient (Wildman–Crippen LogP) is 2.71. The lowest BCUT2D eigenvalue weighted by atomic mass is 10.1. The van der Waals surface area contributed by atoms with Gasteiger partial charge < -0.3 is 24.1 Å². The van der Waals surface area contributed by atoms with E-state index in [4.69, 9.17) is 18.7 Å². The molecule has 0 saturated heterocycles. The van der Waals surface area contributed by atoms with E-state index in [-0.39, 0.29) is 22.4 Å². The summed E-state index contributed by atoms with van der Waals surface area (Å²) in [4.78, 5) is 11.8. The highest BCUT2D eigenvalue weighted by Gasteiger charge is 2.24.